The first-order chi connectivity index (χ1) is 12.7. The van der Waals surface area contributed by atoms with E-state index in [1.807, 2.05) is 0 Å². The Bertz CT molecular complexity index is 900. The van der Waals surface area contributed by atoms with Gasteiger partial charge in [0.25, 0.3) is 5.91 Å². The Morgan fingerprint density at radius 3 is 2.67 bits per heavy atom. The molecule has 1 aliphatic heterocycles. The summed E-state index contributed by atoms with van der Waals surface area (Å²) < 4.78 is 31.9. The van der Waals surface area contributed by atoms with Crippen molar-refractivity contribution < 1.29 is 27.6 Å². The summed E-state index contributed by atoms with van der Waals surface area (Å²) in [5, 5.41) is 5.05. The molecule has 142 valence electrons. The zero-order valence-electron chi connectivity index (χ0n) is 14.6. The van der Waals surface area contributed by atoms with Gasteiger partial charge < -0.3 is 15.1 Å². The molecule has 0 bridgehead atoms. The Morgan fingerprint density at radius 1 is 1.30 bits per heavy atom. The second-order valence-corrected chi connectivity index (χ2v) is 6.38. The van der Waals surface area contributed by atoms with Crippen LogP contribution in [-0.4, -0.2) is 29.3 Å². The number of hydrogen-bond acceptors (Lipinski definition) is 4. The molecule has 2 heterocycles. The van der Waals surface area contributed by atoms with Gasteiger partial charge in [0.2, 0.25) is 5.91 Å². The van der Waals surface area contributed by atoms with E-state index in [1.54, 1.807) is 19.1 Å². The number of benzene rings is 1. The summed E-state index contributed by atoms with van der Waals surface area (Å²) in [4.78, 5) is 37.8. The molecular formula is C18H17F2N3O4. The Kier molecular flexibility index (Phi) is 4.69. The van der Waals surface area contributed by atoms with Crippen molar-refractivity contribution in [3.8, 4) is 0 Å². The van der Waals surface area contributed by atoms with E-state index in [4.69, 9.17) is 4.42 Å². The first kappa shape index (κ1) is 18.6. The van der Waals surface area contributed by atoms with E-state index in [-0.39, 0.29) is 5.56 Å². The van der Waals surface area contributed by atoms with Crippen molar-refractivity contribution >= 4 is 17.8 Å². The average Bonchev–Trinajstić information content (AvgIpc) is 3.21. The summed E-state index contributed by atoms with van der Waals surface area (Å²) in [6, 6.07) is 5.02. The lowest BCUT2D eigenvalue weighted by Crippen LogP contribution is -2.43. The number of carbonyl (C=O) groups excluding carboxylic acids is 3. The lowest BCUT2D eigenvalue weighted by atomic mass is 9.92. The number of carbonyl (C=O) groups is 3. The van der Waals surface area contributed by atoms with Gasteiger partial charge in [0, 0.05) is 0 Å². The third-order valence-electron chi connectivity index (χ3n) is 4.42. The van der Waals surface area contributed by atoms with Gasteiger partial charge in [-0.15, -0.1) is 0 Å². The average molecular weight is 377 g/mol. The van der Waals surface area contributed by atoms with Crippen molar-refractivity contribution in [2.45, 2.75) is 25.4 Å². The third-order valence-corrected chi connectivity index (χ3v) is 4.42. The van der Waals surface area contributed by atoms with Crippen LogP contribution in [0.3, 0.4) is 0 Å². The van der Waals surface area contributed by atoms with Gasteiger partial charge >= 0.3 is 6.03 Å². The minimum Gasteiger partial charge on any atom is -0.467 e. The van der Waals surface area contributed by atoms with Crippen LogP contribution in [0.5, 0.6) is 0 Å². The summed E-state index contributed by atoms with van der Waals surface area (Å²) in [5.74, 6) is -3.00. The molecule has 3 rings (SSSR count). The van der Waals surface area contributed by atoms with Crippen molar-refractivity contribution in [3.63, 3.8) is 0 Å². The molecule has 27 heavy (non-hydrogen) atoms. The Balaban J connectivity index is 1.73. The number of rotatable bonds is 5. The highest BCUT2D eigenvalue weighted by Crippen LogP contribution is 2.29. The zero-order valence-corrected chi connectivity index (χ0v) is 14.6. The van der Waals surface area contributed by atoms with E-state index < -0.39 is 47.6 Å². The molecule has 1 aromatic heterocycles. The molecule has 0 saturated carbocycles. The topological polar surface area (TPSA) is 91.7 Å². The monoisotopic (exact) mass is 377 g/mol. The van der Waals surface area contributed by atoms with Crippen LogP contribution in [0.15, 0.2) is 41.0 Å². The van der Waals surface area contributed by atoms with Gasteiger partial charge in [0.05, 0.1) is 12.3 Å². The van der Waals surface area contributed by atoms with Crippen LogP contribution in [0.1, 0.15) is 31.2 Å². The molecule has 0 radical (unpaired) electrons. The molecule has 2 atom stereocenters. The predicted molar refractivity (Wildman–Crippen MR) is 89.2 cm³/mol. The van der Waals surface area contributed by atoms with Gasteiger partial charge in [-0.1, -0.05) is 6.07 Å². The van der Waals surface area contributed by atoms with Crippen LogP contribution in [0.25, 0.3) is 0 Å². The highest BCUT2D eigenvalue weighted by atomic mass is 19.2. The quantitative estimate of drug-likeness (QED) is 0.782. The largest absolute Gasteiger partial charge is 0.467 e. The van der Waals surface area contributed by atoms with Crippen molar-refractivity contribution in [1.29, 1.82) is 0 Å². The predicted octanol–water partition coefficient (Wildman–Crippen LogP) is 2.20. The lowest BCUT2D eigenvalue weighted by molar-refractivity contribution is -0.135. The molecule has 1 fully saturated rings. The van der Waals surface area contributed by atoms with E-state index in [1.165, 1.54) is 19.3 Å². The fourth-order valence-electron chi connectivity index (χ4n) is 2.88. The number of nitrogens with zero attached hydrogens (tertiary/aromatic N) is 1. The highest BCUT2D eigenvalue weighted by molar-refractivity contribution is 6.09. The van der Waals surface area contributed by atoms with Crippen LogP contribution >= 0.6 is 0 Å². The number of halogens is 2. The number of furan rings is 1. The molecular weight excluding hydrogens is 360 g/mol. The first-order valence-corrected chi connectivity index (χ1v) is 8.15. The second-order valence-electron chi connectivity index (χ2n) is 6.38. The van der Waals surface area contributed by atoms with Gasteiger partial charge in [-0.3, -0.25) is 14.5 Å². The SMILES string of the molecule is CC(NC(=O)CN1C(=O)NC(C)(c2ccc(F)c(F)c2)C1=O)c1ccco1. The zero-order chi connectivity index (χ0) is 19.8. The first-order valence-electron chi connectivity index (χ1n) is 8.15. The van der Waals surface area contributed by atoms with Crippen molar-refractivity contribution in [3.05, 3.63) is 59.6 Å². The van der Waals surface area contributed by atoms with Crippen LogP contribution in [-0.2, 0) is 15.1 Å². The number of hydrogen-bond donors (Lipinski definition) is 2. The maximum absolute atomic E-state index is 13.5. The van der Waals surface area contributed by atoms with E-state index >= 15 is 0 Å². The standard InChI is InChI=1S/C18H17F2N3O4/c1-10(14-4-3-7-27-14)21-15(24)9-23-16(25)18(2,22-17(23)26)11-5-6-12(19)13(20)8-11/h3-8,10H,9H2,1-2H3,(H,21,24)(H,22,26). The van der Waals surface area contributed by atoms with Crippen LogP contribution in [0, 0.1) is 11.6 Å². The van der Waals surface area contributed by atoms with Crippen molar-refractivity contribution in [2.24, 2.45) is 0 Å². The number of urea groups is 1. The van der Waals surface area contributed by atoms with E-state index in [2.05, 4.69) is 10.6 Å². The van der Waals surface area contributed by atoms with E-state index in [0.717, 1.165) is 17.0 Å². The fourth-order valence-corrected chi connectivity index (χ4v) is 2.88. The Hall–Kier alpha value is -3.23. The fraction of sp³-hybridized carbons (Fsp3) is 0.278. The summed E-state index contributed by atoms with van der Waals surface area (Å²) >= 11 is 0. The van der Waals surface area contributed by atoms with Crippen molar-refractivity contribution in [2.75, 3.05) is 6.54 Å². The molecule has 1 aromatic carbocycles. The molecule has 4 amide bonds. The van der Waals surface area contributed by atoms with E-state index in [0.29, 0.717) is 5.76 Å². The number of amides is 4. The molecule has 2 unspecified atom stereocenters. The molecule has 1 aliphatic rings. The van der Waals surface area contributed by atoms with Gasteiger partial charge in [-0.05, 0) is 43.7 Å². The van der Waals surface area contributed by atoms with Crippen LogP contribution < -0.4 is 10.6 Å². The van der Waals surface area contributed by atoms with Crippen LogP contribution in [0.4, 0.5) is 13.6 Å². The summed E-state index contributed by atoms with van der Waals surface area (Å²) in [5.41, 5.74) is -1.52. The summed E-state index contributed by atoms with van der Waals surface area (Å²) in [6.45, 7) is 2.53. The molecule has 7 nitrogen and oxygen atoms in total. The smallest absolute Gasteiger partial charge is 0.325 e. The maximum atomic E-state index is 13.5. The molecule has 2 aromatic rings. The van der Waals surface area contributed by atoms with Gasteiger partial charge in [-0.25, -0.2) is 13.6 Å². The van der Waals surface area contributed by atoms with Crippen LogP contribution in [0.2, 0.25) is 0 Å². The summed E-state index contributed by atoms with van der Waals surface area (Å²) in [6.07, 6.45) is 1.46. The second kappa shape index (κ2) is 6.82. The minimum absolute atomic E-state index is 0.0756. The molecule has 0 spiro atoms. The van der Waals surface area contributed by atoms with Gasteiger partial charge in [0.15, 0.2) is 11.6 Å². The van der Waals surface area contributed by atoms with Gasteiger partial charge in [0.1, 0.15) is 17.8 Å². The highest BCUT2D eigenvalue weighted by Gasteiger charge is 2.49. The Morgan fingerprint density at radius 2 is 2.04 bits per heavy atom. The molecule has 9 heteroatoms. The lowest BCUT2D eigenvalue weighted by Gasteiger charge is -2.22. The van der Waals surface area contributed by atoms with E-state index in [9.17, 15) is 23.2 Å². The van der Waals surface area contributed by atoms with Crippen molar-refractivity contribution in [1.82, 2.24) is 15.5 Å². The molecule has 0 aliphatic carbocycles. The number of nitrogens with one attached hydrogen (secondary N) is 2. The molecule has 1 saturated heterocycles. The Labute approximate surface area is 153 Å². The number of imide groups is 1. The minimum atomic E-state index is -1.60. The molecule has 2 N–H and O–H groups in total. The third kappa shape index (κ3) is 3.40. The summed E-state index contributed by atoms with van der Waals surface area (Å²) in [7, 11) is 0. The maximum Gasteiger partial charge on any atom is 0.325 e. The normalized spacial score (nSPS) is 20.5. The van der Waals surface area contributed by atoms with Gasteiger partial charge in [-0.2, -0.15) is 0 Å².